The zero-order valence-electron chi connectivity index (χ0n) is 12.7. The van der Waals surface area contributed by atoms with Crippen LogP contribution in [0.25, 0.3) is 6.08 Å². The van der Waals surface area contributed by atoms with Crippen LogP contribution in [0, 0.1) is 0 Å². The number of hydrogen-bond acceptors (Lipinski definition) is 6. The van der Waals surface area contributed by atoms with Crippen molar-refractivity contribution in [1.29, 1.82) is 0 Å². The van der Waals surface area contributed by atoms with Crippen LogP contribution in [0.15, 0.2) is 29.2 Å². The average molecular weight is 379 g/mol. The molecular weight excluding hydrogens is 366 g/mol. The summed E-state index contributed by atoms with van der Waals surface area (Å²) in [4.78, 5) is 46.5. The standard InChI is InChI=1S/C16H13NO6S2/c18-8-10-3-1-9(2-4-10)7-12-14(21)17(16(24)25-12)11(15(22)23)5-6-13(19)20/h1-4,7-8,11H,5-6H2,(H,19,20)(H,22,23). The number of carboxylic acids is 2. The van der Waals surface area contributed by atoms with Gasteiger partial charge in [-0.25, -0.2) is 4.79 Å². The summed E-state index contributed by atoms with van der Waals surface area (Å²) in [5, 5.41) is 18.0. The average Bonchev–Trinajstić information content (AvgIpc) is 2.83. The first-order valence-electron chi connectivity index (χ1n) is 7.10. The van der Waals surface area contributed by atoms with Crippen molar-refractivity contribution in [3.63, 3.8) is 0 Å². The monoisotopic (exact) mass is 379 g/mol. The molecule has 7 nitrogen and oxygen atoms in total. The van der Waals surface area contributed by atoms with Gasteiger partial charge in [-0.3, -0.25) is 19.3 Å². The highest BCUT2D eigenvalue weighted by Gasteiger charge is 2.40. The van der Waals surface area contributed by atoms with Crippen molar-refractivity contribution in [2.24, 2.45) is 0 Å². The van der Waals surface area contributed by atoms with Crippen LogP contribution in [0.5, 0.6) is 0 Å². The lowest BCUT2D eigenvalue weighted by Gasteiger charge is -2.22. The molecule has 0 radical (unpaired) electrons. The molecule has 1 unspecified atom stereocenters. The number of carboxylic acid groups (broad SMARTS) is 2. The van der Waals surface area contributed by atoms with Crippen LogP contribution in [-0.4, -0.2) is 49.6 Å². The molecule has 0 spiro atoms. The highest BCUT2D eigenvalue weighted by atomic mass is 32.2. The minimum Gasteiger partial charge on any atom is -0.481 e. The molecule has 0 aliphatic carbocycles. The Labute approximate surface area is 152 Å². The summed E-state index contributed by atoms with van der Waals surface area (Å²) in [5.74, 6) is -3.04. The number of hydrogen-bond donors (Lipinski definition) is 2. The summed E-state index contributed by atoms with van der Waals surface area (Å²) >= 11 is 6.05. The highest BCUT2D eigenvalue weighted by molar-refractivity contribution is 8.26. The fraction of sp³-hybridized carbons (Fsp3) is 0.188. The summed E-state index contributed by atoms with van der Waals surface area (Å²) in [6, 6.07) is 5.15. The van der Waals surface area contributed by atoms with Crippen molar-refractivity contribution in [1.82, 2.24) is 4.90 Å². The Balaban J connectivity index is 2.24. The number of thiocarbonyl (C=S) groups is 1. The van der Waals surface area contributed by atoms with Gasteiger partial charge in [0, 0.05) is 12.0 Å². The van der Waals surface area contributed by atoms with E-state index in [-0.39, 0.29) is 22.1 Å². The number of rotatable bonds is 7. The number of aliphatic carboxylic acids is 2. The summed E-state index contributed by atoms with van der Waals surface area (Å²) in [6.07, 6.45) is 1.62. The fourth-order valence-electron chi connectivity index (χ4n) is 2.19. The minimum atomic E-state index is -1.33. The van der Waals surface area contributed by atoms with Gasteiger partial charge in [0.1, 0.15) is 16.6 Å². The fourth-order valence-corrected chi connectivity index (χ4v) is 3.55. The first-order valence-corrected chi connectivity index (χ1v) is 8.33. The second-order valence-corrected chi connectivity index (χ2v) is 6.80. The van der Waals surface area contributed by atoms with Crippen LogP contribution >= 0.6 is 24.0 Å². The van der Waals surface area contributed by atoms with Crippen LogP contribution < -0.4 is 0 Å². The van der Waals surface area contributed by atoms with Gasteiger partial charge >= 0.3 is 11.9 Å². The lowest BCUT2D eigenvalue weighted by molar-refractivity contribution is -0.146. The van der Waals surface area contributed by atoms with Crippen LogP contribution in [0.1, 0.15) is 28.8 Å². The van der Waals surface area contributed by atoms with Gasteiger partial charge in [0.15, 0.2) is 0 Å². The predicted octanol–water partition coefficient (Wildman–Crippen LogP) is 2.02. The molecule has 0 bridgehead atoms. The number of carbonyl (C=O) groups is 4. The topological polar surface area (TPSA) is 112 Å². The predicted molar refractivity (Wildman–Crippen MR) is 95.1 cm³/mol. The van der Waals surface area contributed by atoms with Crippen molar-refractivity contribution >= 4 is 58.5 Å². The largest absolute Gasteiger partial charge is 0.481 e. The van der Waals surface area contributed by atoms with E-state index in [0.29, 0.717) is 17.4 Å². The molecule has 1 aromatic carbocycles. The van der Waals surface area contributed by atoms with Gasteiger partial charge in [0.25, 0.3) is 5.91 Å². The highest BCUT2D eigenvalue weighted by Crippen LogP contribution is 2.34. The van der Waals surface area contributed by atoms with Crippen LogP contribution in [-0.2, 0) is 14.4 Å². The Bertz CT molecular complexity index is 771. The van der Waals surface area contributed by atoms with Gasteiger partial charge in [-0.05, 0) is 18.1 Å². The Morgan fingerprint density at radius 2 is 1.80 bits per heavy atom. The van der Waals surface area contributed by atoms with E-state index in [4.69, 9.17) is 17.3 Å². The Kier molecular flexibility index (Phi) is 6.05. The Morgan fingerprint density at radius 3 is 2.32 bits per heavy atom. The van der Waals surface area contributed by atoms with Crippen molar-refractivity contribution in [3.8, 4) is 0 Å². The maximum absolute atomic E-state index is 12.5. The smallest absolute Gasteiger partial charge is 0.326 e. The van der Waals surface area contributed by atoms with Crippen molar-refractivity contribution in [2.75, 3.05) is 0 Å². The van der Waals surface area contributed by atoms with Gasteiger partial charge in [0.05, 0.1) is 4.91 Å². The first-order chi connectivity index (χ1) is 11.8. The summed E-state index contributed by atoms with van der Waals surface area (Å²) < 4.78 is 0.0681. The molecule has 1 heterocycles. The molecular formula is C16H13NO6S2. The lowest BCUT2D eigenvalue weighted by Crippen LogP contribution is -2.44. The molecule has 9 heteroatoms. The van der Waals surface area contributed by atoms with E-state index >= 15 is 0 Å². The van der Waals surface area contributed by atoms with Gasteiger partial charge in [0.2, 0.25) is 0 Å². The van der Waals surface area contributed by atoms with Gasteiger partial charge in [-0.2, -0.15) is 0 Å². The summed E-state index contributed by atoms with van der Waals surface area (Å²) in [6.45, 7) is 0. The zero-order valence-corrected chi connectivity index (χ0v) is 14.4. The van der Waals surface area contributed by atoms with Crippen LogP contribution in [0.3, 0.4) is 0 Å². The third kappa shape index (κ3) is 4.52. The second-order valence-electron chi connectivity index (χ2n) is 5.12. The first kappa shape index (κ1) is 18.8. The van der Waals surface area contributed by atoms with Crippen molar-refractivity contribution in [3.05, 3.63) is 40.3 Å². The molecule has 1 atom stereocenters. The van der Waals surface area contributed by atoms with E-state index in [9.17, 15) is 24.3 Å². The zero-order chi connectivity index (χ0) is 18.6. The summed E-state index contributed by atoms with van der Waals surface area (Å²) in [7, 11) is 0. The maximum Gasteiger partial charge on any atom is 0.326 e. The molecule has 0 aromatic heterocycles. The van der Waals surface area contributed by atoms with Crippen molar-refractivity contribution < 1.29 is 29.4 Å². The SMILES string of the molecule is O=Cc1ccc(C=C2SC(=S)N(C(CCC(=O)O)C(=O)O)C2=O)cc1. The molecule has 1 amide bonds. The lowest BCUT2D eigenvalue weighted by atomic mass is 10.1. The number of benzene rings is 1. The molecule has 1 aromatic rings. The normalized spacial score (nSPS) is 17.0. The van der Waals surface area contributed by atoms with E-state index in [1.807, 2.05) is 0 Å². The third-order valence-electron chi connectivity index (χ3n) is 3.42. The van der Waals surface area contributed by atoms with E-state index in [1.54, 1.807) is 30.3 Å². The van der Waals surface area contributed by atoms with Gasteiger partial charge in [-0.1, -0.05) is 48.2 Å². The van der Waals surface area contributed by atoms with Crippen molar-refractivity contribution in [2.45, 2.75) is 18.9 Å². The van der Waals surface area contributed by atoms with E-state index in [1.165, 1.54) is 0 Å². The molecule has 1 saturated heterocycles. The number of carbonyl (C=O) groups excluding carboxylic acids is 2. The van der Waals surface area contributed by atoms with E-state index in [0.717, 1.165) is 16.7 Å². The molecule has 25 heavy (non-hydrogen) atoms. The van der Waals surface area contributed by atoms with Gasteiger partial charge < -0.3 is 10.2 Å². The number of amides is 1. The third-order valence-corrected chi connectivity index (χ3v) is 4.75. The molecule has 0 saturated carbocycles. The van der Waals surface area contributed by atoms with Crippen LogP contribution in [0.4, 0.5) is 0 Å². The molecule has 1 fully saturated rings. The maximum atomic E-state index is 12.5. The molecule has 130 valence electrons. The number of nitrogens with zero attached hydrogens (tertiary/aromatic N) is 1. The van der Waals surface area contributed by atoms with Crippen LogP contribution in [0.2, 0.25) is 0 Å². The quantitative estimate of drug-likeness (QED) is 0.420. The van der Waals surface area contributed by atoms with E-state index < -0.39 is 23.9 Å². The number of thioether (sulfide) groups is 1. The summed E-state index contributed by atoms with van der Waals surface area (Å²) in [5.41, 5.74) is 1.15. The Morgan fingerprint density at radius 1 is 1.20 bits per heavy atom. The second kappa shape index (κ2) is 8.04. The number of aldehydes is 1. The molecule has 2 N–H and O–H groups in total. The minimum absolute atomic E-state index is 0.0681. The molecule has 1 aliphatic rings. The molecule has 2 rings (SSSR count). The van der Waals surface area contributed by atoms with E-state index in [2.05, 4.69) is 0 Å². The molecule has 1 aliphatic heterocycles. The van der Waals surface area contributed by atoms with Gasteiger partial charge in [-0.15, -0.1) is 0 Å². The Hall–Kier alpha value is -2.52.